The smallest absolute Gasteiger partial charge is 0 e. The van der Waals surface area contributed by atoms with Gasteiger partial charge in [0.15, 0.2) is 0 Å². The average molecular weight is 238 g/mol. The van der Waals surface area contributed by atoms with Crippen molar-refractivity contribution in [1.82, 2.24) is 0 Å². The van der Waals surface area contributed by atoms with E-state index < -0.39 is 0 Å². The maximum absolute atomic E-state index is 1.97. The van der Waals surface area contributed by atoms with Crippen molar-refractivity contribution in [3.05, 3.63) is 11.1 Å². The minimum absolute atomic E-state index is 0. The van der Waals surface area contributed by atoms with Crippen LogP contribution >= 0.6 is 0 Å². The Hall–Kier alpha value is 0.948. The van der Waals surface area contributed by atoms with E-state index in [9.17, 15) is 0 Å². The van der Waals surface area contributed by atoms with Gasteiger partial charge in [-0.05, 0) is 35.5 Å². The van der Waals surface area contributed by atoms with Gasteiger partial charge >= 0.3 is 0 Å². The van der Waals surface area contributed by atoms with Crippen LogP contribution in [0.3, 0.4) is 0 Å². The number of hydrogen-bond donors (Lipinski definition) is 0. The SMILES string of the molecule is C12=C3C4C1C1C2C3C41.[Be].[Cu].[Cu]. The molecule has 0 spiro atoms. The summed E-state index contributed by atoms with van der Waals surface area (Å²) in [5.41, 5.74) is 3.93. The molecule has 0 aromatic heterocycles. The molecule has 6 aliphatic rings. The minimum Gasteiger partial charge on any atom is -0.0623 e. The van der Waals surface area contributed by atoms with Gasteiger partial charge < -0.3 is 0 Å². The van der Waals surface area contributed by atoms with Crippen molar-refractivity contribution in [2.24, 2.45) is 35.5 Å². The predicted molar refractivity (Wildman–Crippen MR) is 33.7 cm³/mol. The van der Waals surface area contributed by atoms with Crippen LogP contribution in [0.15, 0.2) is 11.1 Å². The quantitative estimate of drug-likeness (QED) is 0.429. The molecule has 6 aliphatic carbocycles. The van der Waals surface area contributed by atoms with Crippen LogP contribution < -0.4 is 0 Å². The monoisotopic (exact) mass is 237 g/mol. The zero-order chi connectivity index (χ0) is 4.62. The summed E-state index contributed by atoms with van der Waals surface area (Å²) in [6.45, 7) is 0. The molecule has 3 heteroatoms. The Kier molecular flexibility index (Phi) is 1.35. The van der Waals surface area contributed by atoms with Crippen LogP contribution in [0.5, 0.6) is 0 Å². The van der Waals surface area contributed by atoms with Crippen LogP contribution in [0.1, 0.15) is 0 Å². The van der Waals surface area contributed by atoms with Crippen molar-refractivity contribution in [3.8, 4) is 0 Å². The standard InChI is InChI=1S/C8H6.Be.2Cu/c1-2-5-3(1)7-4(1)6(2)8(5)7;;;/h1-6H;;;. The molecule has 6 rings (SSSR count). The van der Waals surface area contributed by atoms with Crippen molar-refractivity contribution in [2.75, 3.05) is 0 Å². The van der Waals surface area contributed by atoms with Crippen LogP contribution in [0, 0.1) is 35.5 Å². The summed E-state index contributed by atoms with van der Waals surface area (Å²) in [7, 11) is 0. The first-order valence-electron chi connectivity index (χ1n) is 3.74. The van der Waals surface area contributed by atoms with Crippen molar-refractivity contribution < 1.29 is 34.1 Å². The molecule has 0 bridgehead atoms. The molecule has 62 valence electrons. The predicted octanol–water partition coefficient (Wildman–Crippen LogP) is 0.662. The summed E-state index contributed by atoms with van der Waals surface area (Å²) in [5.74, 6) is 7.40. The molecule has 0 saturated heterocycles. The summed E-state index contributed by atoms with van der Waals surface area (Å²) < 4.78 is 0. The largest absolute Gasteiger partial charge is 0.0623 e. The summed E-state index contributed by atoms with van der Waals surface area (Å²) in [6, 6.07) is 0. The molecular weight excluding hydrogens is 232 g/mol. The van der Waals surface area contributed by atoms with Crippen LogP contribution in [-0.4, -0.2) is 10.1 Å². The maximum atomic E-state index is 1.97. The third kappa shape index (κ3) is 0.366. The molecule has 0 aromatic carbocycles. The molecule has 0 nitrogen and oxygen atoms in total. The Morgan fingerprint density at radius 3 is 1.00 bits per heavy atom. The van der Waals surface area contributed by atoms with Gasteiger partial charge in [-0.15, -0.1) is 0 Å². The number of hydrogen-bond acceptors (Lipinski definition) is 0. The van der Waals surface area contributed by atoms with Crippen LogP contribution in [0.25, 0.3) is 0 Å². The van der Waals surface area contributed by atoms with Crippen molar-refractivity contribution in [1.29, 1.82) is 0 Å². The molecule has 11 heavy (non-hydrogen) atoms. The van der Waals surface area contributed by atoms with Gasteiger partial charge in [-0.3, -0.25) is 0 Å². The molecular formula is C8H6BeCu2. The minimum atomic E-state index is 0. The number of rotatable bonds is 0. The Labute approximate surface area is 90.7 Å². The fraction of sp³-hybridized carbons (Fsp3) is 0.750. The molecule has 0 heterocycles. The molecule has 0 aliphatic heterocycles. The summed E-state index contributed by atoms with van der Waals surface area (Å²) in [4.78, 5) is 0. The summed E-state index contributed by atoms with van der Waals surface area (Å²) >= 11 is 0. The van der Waals surface area contributed by atoms with Crippen molar-refractivity contribution in [3.63, 3.8) is 0 Å². The molecule has 0 N–H and O–H groups in total. The van der Waals surface area contributed by atoms with Gasteiger partial charge in [0.1, 0.15) is 0 Å². The molecule has 4 unspecified atom stereocenters. The maximum Gasteiger partial charge on any atom is 0 e. The first-order valence-corrected chi connectivity index (χ1v) is 3.74. The fourth-order valence-corrected chi connectivity index (χ4v) is 4.46. The van der Waals surface area contributed by atoms with E-state index >= 15 is 0 Å². The zero-order valence-corrected chi connectivity index (χ0v) is 7.66. The Balaban J connectivity index is 0.000000160. The second-order valence-corrected chi connectivity index (χ2v) is 4.17. The van der Waals surface area contributed by atoms with E-state index in [1.54, 1.807) is 0 Å². The first kappa shape index (κ1) is 8.54. The van der Waals surface area contributed by atoms with E-state index in [1.165, 1.54) is 35.5 Å². The summed E-state index contributed by atoms with van der Waals surface area (Å²) in [5, 5.41) is 0. The molecule has 4 saturated carbocycles. The Bertz CT molecular complexity index is 234. The molecule has 4 radical (unpaired) electrons. The molecule has 4 atom stereocenters. The van der Waals surface area contributed by atoms with Gasteiger partial charge in [0.25, 0.3) is 0 Å². The van der Waals surface area contributed by atoms with E-state index in [1.807, 2.05) is 11.1 Å². The van der Waals surface area contributed by atoms with Crippen LogP contribution in [0.2, 0.25) is 0 Å². The van der Waals surface area contributed by atoms with Gasteiger partial charge in [0.05, 0.1) is 0 Å². The topological polar surface area (TPSA) is 0 Å². The Morgan fingerprint density at radius 1 is 0.636 bits per heavy atom. The van der Waals surface area contributed by atoms with Crippen molar-refractivity contribution >= 4 is 10.1 Å². The molecule has 4 fully saturated rings. The first-order chi connectivity index (χ1) is 4.00. The fourth-order valence-electron chi connectivity index (χ4n) is 4.46. The molecule has 0 amide bonds. The second-order valence-electron chi connectivity index (χ2n) is 4.17. The third-order valence-corrected chi connectivity index (χ3v) is 4.65. The average Bonchev–Trinajstić information content (AvgIpc) is 1.90. The Morgan fingerprint density at radius 2 is 0.909 bits per heavy atom. The second kappa shape index (κ2) is 1.74. The van der Waals surface area contributed by atoms with Gasteiger partial charge in [0, 0.05) is 44.3 Å². The van der Waals surface area contributed by atoms with Gasteiger partial charge in [-0.25, -0.2) is 0 Å². The van der Waals surface area contributed by atoms with Crippen LogP contribution in [0.4, 0.5) is 0 Å². The normalized spacial score (nSPS) is 65.5. The van der Waals surface area contributed by atoms with Gasteiger partial charge in [-0.1, -0.05) is 11.1 Å². The van der Waals surface area contributed by atoms with Crippen LogP contribution in [-0.2, 0) is 34.1 Å². The van der Waals surface area contributed by atoms with Gasteiger partial charge in [-0.2, -0.15) is 0 Å². The van der Waals surface area contributed by atoms with E-state index in [0.717, 1.165) is 0 Å². The van der Waals surface area contributed by atoms with Crippen molar-refractivity contribution in [2.45, 2.75) is 0 Å². The molecule has 0 aromatic rings. The van der Waals surface area contributed by atoms with E-state index in [2.05, 4.69) is 0 Å². The number of allylic oxidation sites excluding steroid dienone is 2. The van der Waals surface area contributed by atoms with E-state index in [4.69, 9.17) is 0 Å². The third-order valence-electron chi connectivity index (χ3n) is 4.65. The van der Waals surface area contributed by atoms with Gasteiger partial charge in [0.2, 0.25) is 0 Å². The summed E-state index contributed by atoms with van der Waals surface area (Å²) in [6.07, 6.45) is 0. The van der Waals surface area contributed by atoms with E-state index in [0.29, 0.717) is 0 Å². The zero-order valence-electron chi connectivity index (χ0n) is 5.77. The van der Waals surface area contributed by atoms with E-state index in [-0.39, 0.29) is 44.3 Å².